The Kier molecular flexibility index (Phi) is 8.08. The maximum atomic E-state index is 12.5. The molecule has 1 rings (SSSR count). The van der Waals surface area contributed by atoms with Crippen molar-refractivity contribution >= 4 is 8.32 Å². The van der Waals surface area contributed by atoms with E-state index in [1.165, 1.54) is 12.3 Å². The highest BCUT2D eigenvalue weighted by Crippen LogP contribution is 2.43. The fraction of sp³-hybridized carbons (Fsp3) is 0.579. The molecule has 0 aromatic heterocycles. The summed E-state index contributed by atoms with van der Waals surface area (Å²) < 4.78 is 41.2. The molecule has 6 heteroatoms. The molecule has 0 fully saturated rings. The fourth-order valence-corrected chi connectivity index (χ4v) is 9.14. The summed E-state index contributed by atoms with van der Waals surface area (Å²) in [4.78, 5) is 0. The lowest BCUT2D eigenvalue weighted by molar-refractivity contribution is -0.0510. The van der Waals surface area contributed by atoms with Crippen molar-refractivity contribution in [2.45, 2.75) is 71.4 Å². The minimum absolute atomic E-state index is 0.0151. The van der Waals surface area contributed by atoms with Crippen LogP contribution in [0.25, 0.3) is 0 Å². The molecule has 25 heavy (non-hydrogen) atoms. The molecule has 1 aromatic carbocycles. The molecule has 1 aromatic rings. The highest BCUT2D eigenvalue weighted by molar-refractivity contribution is 6.77. The second-order valence-electron chi connectivity index (χ2n) is 7.05. The molecular formula is C19H30F2O3Si. The molecule has 0 saturated carbocycles. The first-order valence-electron chi connectivity index (χ1n) is 8.64. The van der Waals surface area contributed by atoms with Crippen molar-refractivity contribution in [1.82, 2.24) is 0 Å². The third-order valence-electron chi connectivity index (χ3n) is 4.63. The zero-order valence-corrected chi connectivity index (χ0v) is 17.0. The van der Waals surface area contributed by atoms with Crippen LogP contribution in [0.5, 0.6) is 11.5 Å². The Morgan fingerprint density at radius 2 is 1.56 bits per heavy atom. The minimum atomic E-state index is -2.91. The number of alkyl halides is 2. The van der Waals surface area contributed by atoms with Gasteiger partial charge in [0.2, 0.25) is 8.32 Å². The molecule has 0 aliphatic heterocycles. The van der Waals surface area contributed by atoms with Crippen molar-refractivity contribution in [3.63, 3.8) is 0 Å². The molecule has 142 valence electrons. The molecular weight excluding hydrogens is 342 g/mol. The molecule has 3 nitrogen and oxygen atoms in total. The average molecular weight is 373 g/mol. The van der Waals surface area contributed by atoms with E-state index < -0.39 is 14.9 Å². The number of hydrogen-bond donors (Lipinski definition) is 0. The van der Waals surface area contributed by atoms with Gasteiger partial charge in [-0.05, 0) is 34.3 Å². The molecule has 0 bridgehead atoms. The smallest absolute Gasteiger partial charge is 0.387 e. The summed E-state index contributed by atoms with van der Waals surface area (Å²) >= 11 is 0. The molecule has 0 heterocycles. The van der Waals surface area contributed by atoms with Crippen LogP contribution in [0, 0.1) is 0 Å². The van der Waals surface area contributed by atoms with Gasteiger partial charge in [0, 0.05) is 0 Å². The molecule has 0 atom stereocenters. The minimum Gasteiger partial charge on any atom is -0.462 e. The lowest BCUT2D eigenvalue weighted by Crippen LogP contribution is -2.47. The fourth-order valence-electron chi connectivity index (χ4n) is 3.73. The summed E-state index contributed by atoms with van der Waals surface area (Å²) in [5.74, 6) is 0.195. The van der Waals surface area contributed by atoms with Crippen LogP contribution < -0.4 is 9.47 Å². The quantitative estimate of drug-likeness (QED) is 0.346. The van der Waals surface area contributed by atoms with Gasteiger partial charge in [0.15, 0.2) is 11.5 Å². The Labute approximate surface area is 151 Å². The van der Waals surface area contributed by atoms with Crippen LogP contribution in [-0.2, 0) is 11.0 Å². The number of ether oxygens (including phenoxy) is 2. The first-order chi connectivity index (χ1) is 11.6. The van der Waals surface area contributed by atoms with E-state index in [9.17, 15) is 8.78 Å². The van der Waals surface area contributed by atoms with Gasteiger partial charge >= 0.3 is 6.61 Å². The van der Waals surface area contributed by atoms with E-state index in [1.807, 2.05) is 0 Å². The van der Waals surface area contributed by atoms with Gasteiger partial charge in [-0.2, -0.15) is 8.78 Å². The van der Waals surface area contributed by atoms with Crippen LogP contribution in [0.1, 0.15) is 47.1 Å². The first kappa shape index (κ1) is 21.6. The van der Waals surface area contributed by atoms with E-state index in [4.69, 9.17) is 9.16 Å². The van der Waals surface area contributed by atoms with Crippen LogP contribution in [0.4, 0.5) is 8.78 Å². The van der Waals surface area contributed by atoms with E-state index in [-0.39, 0.29) is 11.5 Å². The van der Waals surface area contributed by atoms with Crippen LogP contribution in [-0.4, -0.2) is 14.9 Å². The van der Waals surface area contributed by atoms with Gasteiger partial charge in [-0.25, -0.2) is 0 Å². The van der Waals surface area contributed by atoms with Gasteiger partial charge in [0.1, 0.15) is 0 Å². The second-order valence-corrected chi connectivity index (χ2v) is 12.5. The standard InChI is InChI=1S/C19H30F2O3Si/c1-8-22-18-11-16(9-10-17(18)24-19(20)21)12-23-25(13(2)3,14(4)5)15(6)7/h8-11,13-15,19H,1,12H2,2-7H3. The summed E-state index contributed by atoms with van der Waals surface area (Å²) in [5, 5.41) is 0. The normalized spacial score (nSPS) is 12.3. The van der Waals surface area contributed by atoms with Crippen molar-refractivity contribution in [3.05, 3.63) is 36.6 Å². The van der Waals surface area contributed by atoms with E-state index in [2.05, 4.69) is 52.9 Å². The first-order valence-corrected chi connectivity index (χ1v) is 10.8. The summed E-state index contributed by atoms with van der Waals surface area (Å²) in [6.45, 7) is 14.3. The van der Waals surface area contributed by atoms with Gasteiger partial charge < -0.3 is 13.9 Å². The summed E-state index contributed by atoms with van der Waals surface area (Å²) in [6, 6.07) is 4.88. The second kappa shape index (κ2) is 9.34. The Balaban J connectivity index is 3.05. The summed E-state index contributed by atoms with van der Waals surface area (Å²) in [5.41, 5.74) is 2.27. The Hall–Kier alpha value is -1.40. The van der Waals surface area contributed by atoms with Crippen LogP contribution in [0.2, 0.25) is 16.6 Å². The van der Waals surface area contributed by atoms with E-state index in [1.54, 1.807) is 12.1 Å². The predicted octanol–water partition coefficient (Wildman–Crippen LogP) is 6.50. The van der Waals surface area contributed by atoms with Gasteiger partial charge in [0.25, 0.3) is 0 Å². The number of hydrogen-bond acceptors (Lipinski definition) is 3. The van der Waals surface area contributed by atoms with Gasteiger partial charge in [0.05, 0.1) is 12.9 Å². The predicted molar refractivity (Wildman–Crippen MR) is 99.7 cm³/mol. The molecule has 0 spiro atoms. The largest absolute Gasteiger partial charge is 0.462 e. The maximum Gasteiger partial charge on any atom is 0.387 e. The Bertz CT molecular complexity index is 538. The molecule has 0 N–H and O–H groups in total. The Morgan fingerprint density at radius 1 is 1.00 bits per heavy atom. The van der Waals surface area contributed by atoms with Crippen molar-refractivity contribution in [2.24, 2.45) is 0 Å². The monoisotopic (exact) mass is 372 g/mol. The maximum absolute atomic E-state index is 12.5. The third-order valence-corrected chi connectivity index (χ3v) is 10.7. The molecule has 0 aliphatic carbocycles. The SMILES string of the molecule is C=COc1cc(CO[Si](C(C)C)(C(C)C)C(C)C)ccc1OC(F)F. The zero-order chi connectivity index (χ0) is 19.2. The highest BCUT2D eigenvalue weighted by atomic mass is 28.4. The van der Waals surface area contributed by atoms with Gasteiger partial charge in [-0.1, -0.05) is 54.2 Å². The van der Waals surface area contributed by atoms with Gasteiger partial charge in [-0.15, -0.1) is 0 Å². The van der Waals surface area contributed by atoms with Crippen molar-refractivity contribution in [1.29, 1.82) is 0 Å². The van der Waals surface area contributed by atoms with Crippen LogP contribution in [0.15, 0.2) is 31.0 Å². The van der Waals surface area contributed by atoms with Crippen LogP contribution in [0.3, 0.4) is 0 Å². The number of rotatable bonds is 10. The lowest BCUT2D eigenvalue weighted by atomic mass is 10.2. The number of halogens is 2. The zero-order valence-electron chi connectivity index (χ0n) is 16.0. The van der Waals surface area contributed by atoms with Crippen LogP contribution >= 0.6 is 0 Å². The molecule has 0 radical (unpaired) electrons. The average Bonchev–Trinajstić information content (AvgIpc) is 2.49. The summed E-state index contributed by atoms with van der Waals surface area (Å²) in [7, 11) is -2.00. The topological polar surface area (TPSA) is 27.7 Å². The molecule has 0 aliphatic rings. The molecule has 0 saturated heterocycles. The van der Waals surface area contributed by atoms with Crippen molar-refractivity contribution in [2.75, 3.05) is 0 Å². The van der Waals surface area contributed by atoms with E-state index >= 15 is 0 Å². The van der Waals surface area contributed by atoms with Crippen molar-refractivity contribution in [3.8, 4) is 11.5 Å². The van der Waals surface area contributed by atoms with Crippen molar-refractivity contribution < 1.29 is 22.7 Å². The molecule has 0 unspecified atom stereocenters. The highest BCUT2D eigenvalue weighted by Gasteiger charge is 2.44. The Morgan fingerprint density at radius 3 is 2.00 bits per heavy atom. The number of benzene rings is 1. The summed E-state index contributed by atoms with van der Waals surface area (Å²) in [6.07, 6.45) is 1.19. The third kappa shape index (κ3) is 5.28. The lowest BCUT2D eigenvalue weighted by Gasteiger charge is -2.42. The van der Waals surface area contributed by atoms with Gasteiger partial charge in [-0.3, -0.25) is 0 Å². The molecule has 0 amide bonds. The van der Waals surface area contributed by atoms with E-state index in [0.717, 1.165) is 5.56 Å². The van der Waals surface area contributed by atoms with E-state index in [0.29, 0.717) is 23.2 Å².